The minimum atomic E-state index is -1.01. The maximum absolute atomic E-state index is 13.4. The topological polar surface area (TPSA) is 86.5 Å². The average Bonchev–Trinajstić information content (AvgIpc) is 2.44. The molecule has 1 rings (SSSR count). The first kappa shape index (κ1) is 20.7. The van der Waals surface area contributed by atoms with Crippen LogP contribution in [0.1, 0.15) is 57.8 Å². The number of carbonyl (C=O) groups excluding carboxylic acids is 2. The molecule has 0 aliphatic rings. The second-order valence-corrected chi connectivity index (χ2v) is 7.41. The SMILES string of the molecule is CC(C)C[C@H](CC(=O)c1ccc(F)c([N+](=O)[O-])c1)C(=O)OC(C)(C)C. The summed E-state index contributed by atoms with van der Waals surface area (Å²) in [7, 11) is 0. The standard InChI is InChI=1S/C18H24FNO5/c1-11(2)8-13(17(22)25-18(3,4)5)10-16(21)12-6-7-14(19)15(9-12)20(23)24/h6-7,9,11,13H,8,10H2,1-5H3/t13-/m1/s1. The number of hydrogen-bond donors (Lipinski definition) is 0. The molecule has 7 heteroatoms. The molecule has 0 aliphatic carbocycles. The van der Waals surface area contributed by atoms with Crippen molar-refractivity contribution in [3.05, 3.63) is 39.7 Å². The van der Waals surface area contributed by atoms with E-state index in [1.165, 1.54) is 6.07 Å². The summed E-state index contributed by atoms with van der Waals surface area (Å²) in [5, 5.41) is 10.8. The highest BCUT2D eigenvalue weighted by molar-refractivity contribution is 5.98. The normalized spacial score (nSPS) is 12.8. The molecule has 0 aromatic heterocycles. The number of nitro groups is 1. The third kappa shape index (κ3) is 6.60. The number of hydrogen-bond acceptors (Lipinski definition) is 5. The first-order chi connectivity index (χ1) is 11.4. The Bertz CT molecular complexity index is 664. The Labute approximate surface area is 146 Å². The third-order valence-corrected chi connectivity index (χ3v) is 3.39. The predicted molar refractivity (Wildman–Crippen MR) is 90.8 cm³/mol. The van der Waals surface area contributed by atoms with Crippen LogP contribution in [0.2, 0.25) is 0 Å². The number of rotatable bonds is 7. The highest BCUT2D eigenvalue weighted by atomic mass is 19.1. The first-order valence-electron chi connectivity index (χ1n) is 8.10. The Morgan fingerprint density at radius 2 is 1.88 bits per heavy atom. The maximum Gasteiger partial charge on any atom is 0.309 e. The molecule has 0 amide bonds. The van der Waals surface area contributed by atoms with E-state index in [1.807, 2.05) is 13.8 Å². The van der Waals surface area contributed by atoms with E-state index in [2.05, 4.69) is 0 Å². The number of ether oxygens (including phenoxy) is 1. The lowest BCUT2D eigenvalue weighted by Gasteiger charge is -2.24. The lowest BCUT2D eigenvalue weighted by Crippen LogP contribution is -2.30. The van der Waals surface area contributed by atoms with Crippen LogP contribution in [-0.2, 0) is 9.53 Å². The Morgan fingerprint density at radius 1 is 1.28 bits per heavy atom. The summed E-state index contributed by atoms with van der Waals surface area (Å²) in [6, 6.07) is 2.97. The van der Waals surface area contributed by atoms with Crippen LogP contribution in [0.25, 0.3) is 0 Å². The molecule has 0 bridgehead atoms. The summed E-state index contributed by atoms with van der Waals surface area (Å²) in [5.74, 6) is -2.44. The molecule has 1 aromatic rings. The first-order valence-corrected chi connectivity index (χ1v) is 8.10. The molecule has 1 aromatic carbocycles. The molecule has 138 valence electrons. The van der Waals surface area contributed by atoms with Gasteiger partial charge in [-0.3, -0.25) is 19.7 Å². The number of nitrogens with zero attached hydrogens (tertiary/aromatic N) is 1. The van der Waals surface area contributed by atoms with Crippen LogP contribution in [0.15, 0.2) is 18.2 Å². The fraction of sp³-hybridized carbons (Fsp3) is 0.556. The Morgan fingerprint density at radius 3 is 2.36 bits per heavy atom. The van der Waals surface area contributed by atoms with Gasteiger partial charge in [-0.1, -0.05) is 13.8 Å². The van der Waals surface area contributed by atoms with Gasteiger partial charge >= 0.3 is 11.7 Å². The zero-order chi connectivity index (χ0) is 19.4. The van der Waals surface area contributed by atoms with E-state index in [1.54, 1.807) is 20.8 Å². The zero-order valence-corrected chi connectivity index (χ0v) is 15.2. The number of halogens is 1. The van der Waals surface area contributed by atoms with Gasteiger partial charge in [0.05, 0.1) is 10.8 Å². The summed E-state index contributed by atoms with van der Waals surface area (Å²) >= 11 is 0. The van der Waals surface area contributed by atoms with Crippen molar-refractivity contribution in [3.63, 3.8) is 0 Å². The van der Waals surface area contributed by atoms with Gasteiger partial charge in [-0.2, -0.15) is 4.39 Å². The highest BCUT2D eigenvalue weighted by Crippen LogP contribution is 2.25. The molecule has 0 radical (unpaired) electrons. The fourth-order valence-electron chi connectivity index (χ4n) is 2.38. The third-order valence-electron chi connectivity index (χ3n) is 3.39. The van der Waals surface area contributed by atoms with Crippen LogP contribution in [0, 0.1) is 27.8 Å². The molecular weight excluding hydrogens is 329 g/mol. The molecular formula is C18H24FNO5. The number of carbonyl (C=O) groups is 2. The molecule has 1 atom stereocenters. The zero-order valence-electron chi connectivity index (χ0n) is 15.2. The molecule has 0 aliphatic heterocycles. The van der Waals surface area contributed by atoms with E-state index in [0.717, 1.165) is 12.1 Å². The molecule has 0 unspecified atom stereocenters. The van der Waals surface area contributed by atoms with Crippen LogP contribution in [0.4, 0.5) is 10.1 Å². The van der Waals surface area contributed by atoms with Crippen molar-refractivity contribution in [1.29, 1.82) is 0 Å². The second-order valence-electron chi connectivity index (χ2n) is 7.41. The average molecular weight is 353 g/mol. The van der Waals surface area contributed by atoms with E-state index in [-0.39, 0.29) is 17.9 Å². The van der Waals surface area contributed by atoms with Crippen LogP contribution >= 0.6 is 0 Å². The van der Waals surface area contributed by atoms with E-state index in [0.29, 0.717) is 6.42 Å². The van der Waals surface area contributed by atoms with Crippen molar-refractivity contribution >= 4 is 17.4 Å². The summed E-state index contributed by atoms with van der Waals surface area (Å²) < 4.78 is 18.8. The van der Waals surface area contributed by atoms with Gasteiger partial charge in [0, 0.05) is 18.1 Å². The van der Waals surface area contributed by atoms with Gasteiger partial charge in [-0.25, -0.2) is 0 Å². The van der Waals surface area contributed by atoms with Crippen molar-refractivity contribution in [2.75, 3.05) is 0 Å². The molecule has 0 heterocycles. The molecule has 0 N–H and O–H groups in total. The predicted octanol–water partition coefficient (Wildman–Crippen LogP) is 4.31. The van der Waals surface area contributed by atoms with Gasteiger partial charge in [0.1, 0.15) is 5.60 Å². The fourth-order valence-corrected chi connectivity index (χ4v) is 2.38. The van der Waals surface area contributed by atoms with Gasteiger partial charge in [-0.05, 0) is 45.2 Å². The summed E-state index contributed by atoms with van der Waals surface area (Å²) in [4.78, 5) is 34.7. The van der Waals surface area contributed by atoms with Gasteiger partial charge < -0.3 is 4.74 Å². The van der Waals surface area contributed by atoms with E-state index in [4.69, 9.17) is 4.74 Å². The van der Waals surface area contributed by atoms with Crippen molar-refractivity contribution in [2.45, 2.75) is 53.1 Å². The number of esters is 1. The Kier molecular flexibility index (Phi) is 6.78. The van der Waals surface area contributed by atoms with E-state index < -0.39 is 39.7 Å². The number of Topliss-reactive ketones (excluding diaryl/α,β-unsaturated/α-hetero) is 1. The van der Waals surface area contributed by atoms with Crippen LogP contribution in [0.3, 0.4) is 0 Å². The number of nitro benzene ring substituents is 1. The molecule has 0 saturated carbocycles. The number of benzene rings is 1. The van der Waals surface area contributed by atoms with Crippen LogP contribution < -0.4 is 0 Å². The summed E-state index contributed by atoms with van der Waals surface area (Å²) in [5.41, 5.74) is -1.43. The van der Waals surface area contributed by atoms with Crippen molar-refractivity contribution in [3.8, 4) is 0 Å². The lowest BCUT2D eigenvalue weighted by atomic mass is 9.90. The molecule has 0 saturated heterocycles. The monoisotopic (exact) mass is 353 g/mol. The van der Waals surface area contributed by atoms with E-state index in [9.17, 15) is 24.1 Å². The van der Waals surface area contributed by atoms with Crippen LogP contribution in [-0.4, -0.2) is 22.3 Å². The van der Waals surface area contributed by atoms with Gasteiger partial charge in [0.2, 0.25) is 5.82 Å². The van der Waals surface area contributed by atoms with Crippen LogP contribution in [0.5, 0.6) is 0 Å². The highest BCUT2D eigenvalue weighted by Gasteiger charge is 2.29. The minimum Gasteiger partial charge on any atom is -0.460 e. The quantitative estimate of drug-likeness (QED) is 0.315. The lowest BCUT2D eigenvalue weighted by molar-refractivity contribution is -0.387. The van der Waals surface area contributed by atoms with E-state index >= 15 is 0 Å². The Hall–Kier alpha value is -2.31. The van der Waals surface area contributed by atoms with Crippen molar-refractivity contribution in [2.24, 2.45) is 11.8 Å². The van der Waals surface area contributed by atoms with Crippen molar-refractivity contribution < 1.29 is 23.6 Å². The smallest absolute Gasteiger partial charge is 0.309 e. The molecule has 25 heavy (non-hydrogen) atoms. The summed E-state index contributed by atoms with van der Waals surface area (Å²) in [6.07, 6.45) is 0.305. The van der Waals surface area contributed by atoms with Gasteiger partial charge in [-0.15, -0.1) is 0 Å². The molecule has 0 fully saturated rings. The maximum atomic E-state index is 13.4. The Balaban J connectivity index is 3.00. The molecule has 0 spiro atoms. The summed E-state index contributed by atoms with van der Waals surface area (Å²) in [6.45, 7) is 9.06. The van der Waals surface area contributed by atoms with Gasteiger partial charge in [0.15, 0.2) is 5.78 Å². The second kappa shape index (κ2) is 8.18. The molecule has 6 nitrogen and oxygen atoms in total. The van der Waals surface area contributed by atoms with Gasteiger partial charge in [0.25, 0.3) is 0 Å². The minimum absolute atomic E-state index is 0.00501. The largest absolute Gasteiger partial charge is 0.460 e. The number of ketones is 1. The van der Waals surface area contributed by atoms with Crippen molar-refractivity contribution in [1.82, 2.24) is 0 Å².